The van der Waals surface area contributed by atoms with Crippen molar-refractivity contribution in [1.82, 2.24) is 5.32 Å². The van der Waals surface area contributed by atoms with Gasteiger partial charge in [0.2, 0.25) is 5.91 Å². The van der Waals surface area contributed by atoms with Crippen molar-refractivity contribution < 1.29 is 9.21 Å². The van der Waals surface area contributed by atoms with E-state index in [9.17, 15) is 4.79 Å². The first-order valence-electron chi connectivity index (χ1n) is 7.92. The normalized spacial score (nSPS) is 11.3. The zero-order valence-corrected chi connectivity index (χ0v) is 15.2. The lowest BCUT2D eigenvalue weighted by Gasteiger charge is -2.26. The molecule has 1 aromatic heterocycles. The van der Waals surface area contributed by atoms with Crippen LogP contribution in [0.5, 0.6) is 0 Å². The van der Waals surface area contributed by atoms with E-state index >= 15 is 0 Å². The molecular formula is C18H27ClN2O2. The summed E-state index contributed by atoms with van der Waals surface area (Å²) >= 11 is 0. The lowest BCUT2D eigenvalue weighted by atomic mass is 9.94. The molecule has 1 aromatic carbocycles. The van der Waals surface area contributed by atoms with Crippen molar-refractivity contribution in [3.63, 3.8) is 0 Å². The summed E-state index contributed by atoms with van der Waals surface area (Å²) in [4.78, 5) is 12.2. The molecule has 128 valence electrons. The van der Waals surface area contributed by atoms with E-state index in [1.54, 1.807) is 6.26 Å². The predicted molar refractivity (Wildman–Crippen MR) is 97.2 cm³/mol. The van der Waals surface area contributed by atoms with Gasteiger partial charge in [0.05, 0.1) is 12.7 Å². The Hall–Kier alpha value is -1.52. The Balaban J connectivity index is 0.00000264. The fourth-order valence-corrected chi connectivity index (χ4v) is 2.54. The summed E-state index contributed by atoms with van der Waals surface area (Å²) < 4.78 is 5.64. The number of carbonyl (C=O) groups is 1. The van der Waals surface area contributed by atoms with Gasteiger partial charge in [0.1, 0.15) is 5.58 Å². The van der Waals surface area contributed by atoms with Crippen molar-refractivity contribution in [2.24, 2.45) is 5.73 Å². The Bertz CT molecular complexity index is 675. The van der Waals surface area contributed by atoms with Crippen molar-refractivity contribution in [3.8, 4) is 0 Å². The van der Waals surface area contributed by atoms with E-state index in [0.29, 0.717) is 13.0 Å². The molecule has 4 nitrogen and oxygen atoms in total. The van der Waals surface area contributed by atoms with Crippen LogP contribution in [0.1, 0.15) is 43.4 Å². The van der Waals surface area contributed by atoms with Crippen molar-refractivity contribution in [2.45, 2.75) is 52.5 Å². The topological polar surface area (TPSA) is 68.3 Å². The van der Waals surface area contributed by atoms with Crippen LogP contribution in [-0.4, -0.2) is 18.0 Å². The third kappa shape index (κ3) is 4.27. The summed E-state index contributed by atoms with van der Waals surface area (Å²) in [5, 5.41) is 3.97. The summed E-state index contributed by atoms with van der Waals surface area (Å²) in [7, 11) is 0. The van der Waals surface area contributed by atoms with E-state index in [1.807, 2.05) is 26.8 Å². The van der Waals surface area contributed by atoms with Gasteiger partial charge in [-0.25, -0.2) is 0 Å². The third-order valence-electron chi connectivity index (χ3n) is 4.74. The van der Waals surface area contributed by atoms with Gasteiger partial charge in [-0.15, -0.1) is 12.4 Å². The van der Waals surface area contributed by atoms with E-state index in [-0.39, 0.29) is 23.9 Å². The van der Waals surface area contributed by atoms with Crippen LogP contribution in [0.25, 0.3) is 11.0 Å². The van der Waals surface area contributed by atoms with Crippen LogP contribution < -0.4 is 11.1 Å². The van der Waals surface area contributed by atoms with E-state index in [4.69, 9.17) is 10.2 Å². The average molecular weight is 339 g/mol. The fraction of sp³-hybridized carbons (Fsp3) is 0.500. The van der Waals surface area contributed by atoms with Gasteiger partial charge < -0.3 is 15.5 Å². The van der Waals surface area contributed by atoms with Crippen LogP contribution in [0.4, 0.5) is 0 Å². The summed E-state index contributed by atoms with van der Waals surface area (Å²) in [5.41, 5.74) is 10.0. The number of fused-ring (bicyclic) bond motifs is 1. The fourth-order valence-electron chi connectivity index (χ4n) is 2.54. The van der Waals surface area contributed by atoms with Gasteiger partial charge in [-0.1, -0.05) is 26.0 Å². The van der Waals surface area contributed by atoms with Crippen LogP contribution >= 0.6 is 12.4 Å². The Kier molecular flexibility index (Phi) is 6.66. The largest absolute Gasteiger partial charge is 0.464 e. The molecule has 0 aliphatic heterocycles. The number of aryl methyl sites for hydroxylation is 2. The molecule has 0 radical (unpaired) electrons. The van der Waals surface area contributed by atoms with Crippen molar-refractivity contribution >= 4 is 29.3 Å². The van der Waals surface area contributed by atoms with E-state index < -0.39 is 0 Å². The smallest absolute Gasteiger partial charge is 0.224 e. The third-order valence-corrected chi connectivity index (χ3v) is 4.74. The molecule has 0 fully saturated rings. The molecule has 0 saturated heterocycles. The first-order valence-corrected chi connectivity index (χ1v) is 7.92. The highest BCUT2D eigenvalue weighted by molar-refractivity contribution is 5.89. The quantitative estimate of drug-likeness (QED) is 0.844. The molecule has 1 heterocycles. The highest BCUT2D eigenvalue weighted by Gasteiger charge is 2.21. The molecular weight excluding hydrogens is 312 g/mol. The number of halogens is 1. The van der Waals surface area contributed by atoms with E-state index in [0.717, 1.165) is 34.9 Å². The Morgan fingerprint density at radius 1 is 1.26 bits per heavy atom. The molecule has 3 N–H and O–H groups in total. The van der Waals surface area contributed by atoms with Gasteiger partial charge >= 0.3 is 0 Å². The standard InChI is InChI=1S/C18H26N2O2.ClH/c1-5-18(19,6-2)11-20-16(21)9-14-10-22-17-13(4)12(3)7-8-15(14)17;/h7-8,10H,5-6,9,11,19H2,1-4H3,(H,20,21);1H. The molecule has 0 saturated carbocycles. The maximum atomic E-state index is 12.2. The molecule has 1 amide bonds. The van der Waals surface area contributed by atoms with Crippen molar-refractivity contribution in [2.75, 3.05) is 6.54 Å². The Labute approximate surface area is 144 Å². The first kappa shape index (κ1) is 19.5. The zero-order chi connectivity index (χ0) is 16.3. The molecule has 2 rings (SSSR count). The van der Waals surface area contributed by atoms with Crippen molar-refractivity contribution in [1.29, 1.82) is 0 Å². The molecule has 2 aromatic rings. The Morgan fingerprint density at radius 3 is 2.52 bits per heavy atom. The second-order valence-corrected chi connectivity index (χ2v) is 6.17. The van der Waals surface area contributed by atoms with Gasteiger partial charge in [0.25, 0.3) is 0 Å². The molecule has 0 spiro atoms. The summed E-state index contributed by atoms with van der Waals surface area (Å²) in [5.74, 6) is -0.0161. The molecule has 0 unspecified atom stereocenters. The number of amides is 1. The zero-order valence-electron chi connectivity index (χ0n) is 14.4. The van der Waals surface area contributed by atoms with Crippen LogP contribution in [-0.2, 0) is 11.2 Å². The minimum Gasteiger partial charge on any atom is -0.464 e. The molecule has 5 heteroatoms. The highest BCUT2D eigenvalue weighted by Crippen LogP contribution is 2.26. The lowest BCUT2D eigenvalue weighted by molar-refractivity contribution is -0.120. The minimum absolute atomic E-state index is 0. The van der Waals surface area contributed by atoms with Crippen LogP contribution in [0.15, 0.2) is 22.8 Å². The predicted octanol–water partition coefficient (Wildman–Crippen LogP) is 3.65. The maximum absolute atomic E-state index is 12.2. The minimum atomic E-state index is -0.318. The molecule has 23 heavy (non-hydrogen) atoms. The Morgan fingerprint density at radius 2 is 1.91 bits per heavy atom. The highest BCUT2D eigenvalue weighted by atomic mass is 35.5. The van der Waals surface area contributed by atoms with Crippen LogP contribution in [0, 0.1) is 13.8 Å². The molecule has 0 bridgehead atoms. The van der Waals surface area contributed by atoms with Gasteiger partial charge in [0.15, 0.2) is 0 Å². The monoisotopic (exact) mass is 338 g/mol. The second kappa shape index (κ2) is 7.84. The number of hydrogen-bond donors (Lipinski definition) is 2. The summed E-state index contributed by atoms with van der Waals surface area (Å²) in [6.45, 7) is 8.69. The molecule has 0 aliphatic rings. The van der Waals surface area contributed by atoms with Crippen molar-refractivity contribution in [3.05, 3.63) is 35.1 Å². The SMILES string of the molecule is CCC(N)(CC)CNC(=O)Cc1coc2c(C)c(C)ccc12.Cl. The molecule has 0 atom stereocenters. The number of rotatable bonds is 6. The average Bonchev–Trinajstić information content (AvgIpc) is 2.92. The first-order chi connectivity index (χ1) is 10.4. The number of nitrogens with two attached hydrogens (primary N) is 1. The summed E-state index contributed by atoms with van der Waals surface area (Å²) in [6.07, 6.45) is 3.69. The van der Waals surface area contributed by atoms with Crippen LogP contribution in [0.3, 0.4) is 0 Å². The molecule has 0 aliphatic carbocycles. The van der Waals surface area contributed by atoms with Gasteiger partial charge in [-0.3, -0.25) is 4.79 Å². The van der Waals surface area contributed by atoms with Gasteiger partial charge in [0, 0.05) is 23.0 Å². The van der Waals surface area contributed by atoms with E-state index in [2.05, 4.69) is 18.3 Å². The number of benzene rings is 1. The van der Waals surface area contributed by atoms with Crippen LogP contribution in [0.2, 0.25) is 0 Å². The van der Waals surface area contributed by atoms with Gasteiger partial charge in [-0.2, -0.15) is 0 Å². The number of furan rings is 1. The van der Waals surface area contributed by atoms with Gasteiger partial charge in [-0.05, 0) is 37.8 Å². The number of hydrogen-bond acceptors (Lipinski definition) is 3. The number of carbonyl (C=O) groups excluding carboxylic acids is 1. The van der Waals surface area contributed by atoms with E-state index in [1.165, 1.54) is 5.56 Å². The lowest BCUT2D eigenvalue weighted by Crippen LogP contribution is -2.49. The maximum Gasteiger partial charge on any atom is 0.224 e. The summed E-state index contributed by atoms with van der Waals surface area (Å²) in [6, 6.07) is 4.09. The second-order valence-electron chi connectivity index (χ2n) is 6.17. The number of nitrogens with one attached hydrogen (secondary N) is 1.